The van der Waals surface area contributed by atoms with Crippen LogP contribution < -0.4 is 0 Å². The molecule has 0 aliphatic rings. The topological polar surface area (TPSA) is 118 Å². The second-order valence-corrected chi connectivity index (χ2v) is 3.89. The first-order valence-electron chi connectivity index (χ1n) is 4.72. The van der Waals surface area contributed by atoms with Gasteiger partial charge in [0.2, 0.25) is 0 Å². The molecule has 6 nitrogen and oxygen atoms in total. The van der Waals surface area contributed by atoms with Crippen LogP contribution in [-0.2, 0) is 4.79 Å². The van der Waals surface area contributed by atoms with Crippen LogP contribution in [0.25, 0.3) is 0 Å². The van der Waals surface area contributed by atoms with Gasteiger partial charge in [0.1, 0.15) is 6.10 Å². The zero-order valence-corrected chi connectivity index (χ0v) is 8.74. The van der Waals surface area contributed by atoms with Gasteiger partial charge in [-0.2, -0.15) is 0 Å². The number of hydrogen-bond donors (Lipinski definition) is 5. The van der Waals surface area contributed by atoms with E-state index in [0.29, 0.717) is 0 Å². The normalized spacial score (nSPS) is 19.7. The van der Waals surface area contributed by atoms with Crippen molar-refractivity contribution in [3.8, 4) is 0 Å². The number of carbonyl (C=O) groups is 1. The van der Waals surface area contributed by atoms with Gasteiger partial charge in [-0.1, -0.05) is 13.8 Å². The van der Waals surface area contributed by atoms with E-state index in [-0.39, 0.29) is 12.3 Å². The minimum absolute atomic E-state index is 0.117. The van der Waals surface area contributed by atoms with Crippen LogP contribution in [0.1, 0.15) is 20.3 Å². The van der Waals surface area contributed by atoms with Gasteiger partial charge in [-0.15, -0.1) is 0 Å². The van der Waals surface area contributed by atoms with Crippen LogP contribution in [0.15, 0.2) is 0 Å². The van der Waals surface area contributed by atoms with E-state index in [2.05, 4.69) is 0 Å². The van der Waals surface area contributed by atoms with Crippen molar-refractivity contribution in [3.63, 3.8) is 0 Å². The van der Waals surface area contributed by atoms with Gasteiger partial charge in [-0.3, -0.25) is 0 Å². The summed E-state index contributed by atoms with van der Waals surface area (Å²) in [7, 11) is 0. The molecule has 0 amide bonds. The number of carboxylic acid groups (broad SMARTS) is 1. The van der Waals surface area contributed by atoms with Gasteiger partial charge < -0.3 is 25.5 Å². The number of rotatable bonds is 6. The van der Waals surface area contributed by atoms with Crippen LogP contribution in [0.3, 0.4) is 0 Å². The van der Waals surface area contributed by atoms with Gasteiger partial charge in [0.25, 0.3) is 0 Å². The van der Waals surface area contributed by atoms with E-state index in [1.165, 1.54) is 0 Å². The quantitative estimate of drug-likeness (QED) is 0.375. The fourth-order valence-electron chi connectivity index (χ4n) is 1.02. The van der Waals surface area contributed by atoms with Gasteiger partial charge in [0.05, 0.1) is 12.2 Å². The van der Waals surface area contributed by atoms with Gasteiger partial charge >= 0.3 is 5.97 Å². The van der Waals surface area contributed by atoms with E-state index >= 15 is 0 Å². The van der Waals surface area contributed by atoms with Gasteiger partial charge in [-0.05, 0) is 5.92 Å². The number of hydrogen-bond acceptors (Lipinski definition) is 5. The van der Waals surface area contributed by atoms with E-state index in [9.17, 15) is 20.1 Å². The van der Waals surface area contributed by atoms with Gasteiger partial charge in [0, 0.05) is 6.42 Å². The summed E-state index contributed by atoms with van der Waals surface area (Å²) in [5.74, 6) is -1.73. The van der Waals surface area contributed by atoms with E-state index in [1.807, 2.05) is 0 Å². The summed E-state index contributed by atoms with van der Waals surface area (Å²) in [4.78, 5) is 10.3. The first-order chi connectivity index (χ1) is 6.77. The minimum Gasteiger partial charge on any atom is -0.479 e. The summed E-state index contributed by atoms with van der Waals surface area (Å²) in [5, 5.41) is 45.2. The number of aliphatic hydroxyl groups is 4. The average Bonchev–Trinajstić information content (AvgIpc) is 2.14. The maximum Gasteiger partial charge on any atom is 0.335 e. The summed E-state index contributed by atoms with van der Waals surface area (Å²) in [5.41, 5.74) is 0. The van der Waals surface area contributed by atoms with Crippen molar-refractivity contribution in [2.24, 2.45) is 5.92 Å². The average molecular weight is 222 g/mol. The Morgan fingerprint density at radius 3 is 1.87 bits per heavy atom. The fraction of sp³-hybridized carbons (Fsp3) is 0.889. The number of aliphatic hydroxyl groups excluding tert-OH is 4. The highest BCUT2D eigenvalue weighted by Crippen LogP contribution is 2.12. The van der Waals surface area contributed by atoms with Crippen LogP contribution in [0.4, 0.5) is 0 Å². The third-order valence-corrected chi connectivity index (χ3v) is 2.22. The van der Waals surface area contributed by atoms with Gasteiger partial charge in [-0.25, -0.2) is 4.79 Å². The van der Waals surface area contributed by atoms with Crippen LogP contribution in [0.5, 0.6) is 0 Å². The SMILES string of the molecule is CC(C)[C@@H](O)C[C@@H](O)[C@@H](O)C(O)C(=O)O. The Balaban J connectivity index is 4.20. The van der Waals surface area contributed by atoms with Crippen molar-refractivity contribution in [3.05, 3.63) is 0 Å². The summed E-state index contributed by atoms with van der Waals surface area (Å²) in [6, 6.07) is 0. The fourth-order valence-corrected chi connectivity index (χ4v) is 1.02. The molecule has 0 heterocycles. The van der Waals surface area contributed by atoms with Crippen LogP contribution in [0, 0.1) is 5.92 Å². The molecule has 0 rings (SSSR count). The third-order valence-electron chi connectivity index (χ3n) is 2.22. The molecule has 0 aromatic heterocycles. The Morgan fingerprint density at radius 2 is 1.53 bits per heavy atom. The number of carboxylic acids is 1. The zero-order chi connectivity index (χ0) is 12.2. The van der Waals surface area contributed by atoms with Crippen LogP contribution >= 0.6 is 0 Å². The molecule has 0 aromatic carbocycles. The maximum absolute atomic E-state index is 10.3. The molecule has 0 aliphatic carbocycles. The molecule has 0 aromatic rings. The maximum atomic E-state index is 10.3. The lowest BCUT2D eigenvalue weighted by atomic mass is 9.96. The molecule has 0 bridgehead atoms. The second-order valence-electron chi connectivity index (χ2n) is 3.89. The molecule has 1 unspecified atom stereocenters. The van der Waals surface area contributed by atoms with Crippen molar-refractivity contribution >= 4 is 5.97 Å². The lowest BCUT2D eigenvalue weighted by molar-refractivity contribution is -0.159. The Labute approximate surface area is 87.8 Å². The third kappa shape index (κ3) is 4.57. The smallest absolute Gasteiger partial charge is 0.335 e. The predicted molar refractivity (Wildman–Crippen MR) is 51.1 cm³/mol. The van der Waals surface area contributed by atoms with Crippen molar-refractivity contribution in [2.45, 2.75) is 44.7 Å². The predicted octanol–water partition coefficient (Wildman–Crippen LogP) is -1.44. The monoisotopic (exact) mass is 222 g/mol. The largest absolute Gasteiger partial charge is 0.479 e. The lowest BCUT2D eigenvalue weighted by Crippen LogP contribution is -2.43. The molecule has 0 radical (unpaired) electrons. The molecule has 0 saturated carbocycles. The van der Waals surface area contributed by atoms with E-state index in [1.54, 1.807) is 13.8 Å². The number of aliphatic carboxylic acids is 1. The van der Waals surface area contributed by atoms with Crippen molar-refractivity contribution < 1.29 is 30.3 Å². The van der Waals surface area contributed by atoms with E-state index in [0.717, 1.165) is 0 Å². The van der Waals surface area contributed by atoms with E-state index in [4.69, 9.17) is 10.2 Å². The summed E-state index contributed by atoms with van der Waals surface area (Å²) >= 11 is 0. The zero-order valence-electron chi connectivity index (χ0n) is 8.74. The molecule has 0 fully saturated rings. The molecular formula is C9H18O6. The molecule has 0 saturated heterocycles. The highest BCUT2D eigenvalue weighted by atomic mass is 16.4. The molecule has 0 aliphatic heterocycles. The lowest BCUT2D eigenvalue weighted by Gasteiger charge is -2.23. The first kappa shape index (κ1) is 14.3. The van der Waals surface area contributed by atoms with E-state index < -0.39 is 30.4 Å². The van der Waals surface area contributed by atoms with Crippen LogP contribution in [-0.4, -0.2) is 55.9 Å². The molecule has 6 heteroatoms. The highest BCUT2D eigenvalue weighted by molar-refractivity contribution is 5.72. The highest BCUT2D eigenvalue weighted by Gasteiger charge is 2.31. The Morgan fingerprint density at radius 1 is 1.07 bits per heavy atom. The van der Waals surface area contributed by atoms with Crippen LogP contribution in [0.2, 0.25) is 0 Å². The first-order valence-corrected chi connectivity index (χ1v) is 4.72. The molecule has 0 spiro atoms. The molecular weight excluding hydrogens is 204 g/mol. The Bertz CT molecular complexity index is 205. The van der Waals surface area contributed by atoms with Crippen molar-refractivity contribution in [2.75, 3.05) is 0 Å². The molecule has 5 N–H and O–H groups in total. The minimum atomic E-state index is -2.04. The summed E-state index contributed by atoms with van der Waals surface area (Å²) < 4.78 is 0. The Kier molecular flexibility index (Phi) is 5.74. The van der Waals surface area contributed by atoms with Crippen molar-refractivity contribution in [1.82, 2.24) is 0 Å². The standard InChI is InChI=1S/C9H18O6/c1-4(2)5(10)3-6(11)7(12)8(13)9(14)15/h4-8,10-13H,3H2,1-2H3,(H,14,15)/t5-,6+,7+,8?/m0/s1. The summed E-state index contributed by atoms with van der Waals surface area (Å²) in [6.07, 6.45) is -6.33. The summed E-state index contributed by atoms with van der Waals surface area (Å²) in [6.45, 7) is 3.44. The van der Waals surface area contributed by atoms with Gasteiger partial charge in [0.15, 0.2) is 6.10 Å². The second kappa shape index (κ2) is 6.02. The Hall–Kier alpha value is -0.690. The molecule has 90 valence electrons. The van der Waals surface area contributed by atoms with Crippen molar-refractivity contribution in [1.29, 1.82) is 0 Å². The molecule has 15 heavy (non-hydrogen) atoms. The molecule has 4 atom stereocenters.